The number of rotatable bonds is 3. The van der Waals surface area contributed by atoms with Crippen molar-refractivity contribution in [1.82, 2.24) is 15.0 Å². The summed E-state index contributed by atoms with van der Waals surface area (Å²) in [4.78, 5) is 22.2. The SMILES string of the molecule is O=C(Nc1nc(-c2ccc[nH]2)cs1)c1cc(Br)c[nH]1. The maximum Gasteiger partial charge on any atom is 0.273 e. The number of hydrogen-bond donors (Lipinski definition) is 3. The Bertz CT molecular complexity index is 701. The van der Waals surface area contributed by atoms with Crippen molar-refractivity contribution in [3.05, 3.63) is 46.1 Å². The fraction of sp³-hybridized carbons (Fsp3) is 0. The molecule has 0 radical (unpaired) electrons. The highest BCUT2D eigenvalue weighted by Gasteiger charge is 2.11. The van der Waals surface area contributed by atoms with Crippen molar-refractivity contribution < 1.29 is 4.79 Å². The molecule has 0 saturated heterocycles. The molecular formula is C12H9BrN4OS. The molecule has 0 atom stereocenters. The Labute approximate surface area is 121 Å². The van der Waals surface area contributed by atoms with E-state index < -0.39 is 0 Å². The summed E-state index contributed by atoms with van der Waals surface area (Å²) in [5, 5.41) is 5.22. The summed E-state index contributed by atoms with van der Waals surface area (Å²) >= 11 is 4.68. The number of carbonyl (C=O) groups is 1. The molecule has 0 spiro atoms. The van der Waals surface area contributed by atoms with Crippen molar-refractivity contribution >= 4 is 38.3 Å². The van der Waals surface area contributed by atoms with Crippen LogP contribution in [0.4, 0.5) is 5.13 Å². The number of hydrogen-bond acceptors (Lipinski definition) is 3. The highest BCUT2D eigenvalue weighted by molar-refractivity contribution is 9.10. The predicted molar refractivity (Wildman–Crippen MR) is 78.3 cm³/mol. The van der Waals surface area contributed by atoms with E-state index >= 15 is 0 Å². The maximum atomic E-state index is 11.9. The van der Waals surface area contributed by atoms with Gasteiger partial charge in [-0.2, -0.15) is 0 Å². The standard InChI is InChI=1S/C12H9BrN4OS/c13-7-4-9(15-5-7)11(18)17-12-16-10(6-19-12)8-2-1-3-14-8/h1-6,14-15H,(H,16,17,18). The predicted octanol–water partition coefficient (Wildman–Crippen LogP) is 3.48. The second-order valence-corrected chi connectivity index (χ2v) is 5.58. The molecule has 5 nitrogen and oxygen atoms in total. The van der Waals surface area contributed by atoms with Gasteiger partial charge >= 0.3 is 0 Å². The van der Waals surface area contributed by atoms with Gasteiger partial charge in [0.25, 0.3) is 5.91 Å². The Balaban J connectivity index is 1.76. The minimum absolute atomic E-state index is 0.210. The van der Waals surface area contributed by atoms with E-state index in [0.29, 0.717) is 10.8 Å². The van der Waals surface area contributed by atoms with Crippen molar-refractivity contribution in [2.24, 2.45) is 0 Å². The van der Waals surface area contributed by atoms with E-state index in [4.69, 9.17) is 0 Å². The summed E-state index contributed by atoms with van der Waals surface area (Å²) in [6, 6.07) is 5.56. The quantitative estimate of drug-likeness (QED) is 0.685. The number of nitrogens with zero attached hydrogens (tertiary/aromatic N) is 1. The Morgan fingerprint density at radius 2 is 2.32 bits per heavy atom. The second-order valence-electron chi connectivity index (χ2n) is 3.81. The number of aromatic nitrogens is 3. The van der Waals surface area contributed by atoms with Gasteiger partial charge < -0.3 is 9.97 Å². The summed E-state index contributed by atoms with van der Waals surface area (Å²) in [6.45, 7) is 0. The van der Waals surface area contributed by atoms with Crippen LogP contribution in [-0.4, -0.2) is 20.9 Å². The van der Waals surface area contributed by atoms with Crippen molar-refractivity contribution in [3.8, 4) is 11.4 Å². The van der Waals surface area contributed by atoms with Crippen LogP contribution in [0, 0.1) is 0 Å². The molecule has 19 heavy (non-hydrogen) atoms. The smallest absolute Gasteiger partial charge is 0.273 e. The van der Waals surface area contributed by atoms with Crippen LogP contribution in [-0.2, 0) is 0 Å². The maximum absolute atomic E-state index is 11.9. The van der Waals surface area contributed by atoms with Gasteiger partial charge in [-0.1, -0.05) is 0 Å². The highest BCUT2D eigenvalue weighted by Crippen LogP contribution is 2.24. The number of anilines is 1. The van der Waals surface area contributed by atoms with Crippen LogP contribution in [0.15, 0.2) is 40.4 Å². The fourth-order valence-electron chi connectivity index (χ4n) is 1.61. The molecule has 0 aliphatic rings. The molecule has 0 aliphatic heterocycles. The zero-order valence-electron chi connectivity index (χ0n) is 9.61. The Morgan fingerprint density at radius 3 is 3.00 bits per heavy atom. The molecule has 3 rings (SSSR count). The molecule has 7 heteroatoms. The molecule has 0 unspecified atom stereocenters. The van der Waals surface area contributed by atoms with Gasteiger partial charge in [-0.05, 0) is 34.1 Å². The number of amides is 1. The first kappa shape index (κ1) is 12.2. The molecule has 0 saturated carbocycles. The lowest BCUT2D eigenvalue weighted by atomic mass is 10.3. The van der Waals surface area contributed by atoms with E-state index in [1.54, 1.807) is 12.3 Å². The van der Waals surface area contributed by atoms with E-state index in [0.717, 1.165) is 15.9 Å². The second kappa shape index (κ2) is 5.02. The lowest BCUT2D eigenvalue weighted by Crippen LogP contribution is -2.11. The van der Waals surface area contributed by atoms with Gasteiger partial charge in [0.2, 0.25) is 0 Å². The highest BCUT2D eigenvalue weighted by atomic mass is 79.9. The van der Waals surface area contributed by atoms with Gasteiger partial charge in [-0.15, -0.1) is 11.3 Å². The van der Waals surface area contributed by atoms with Gasteiger partial charge in [0, 0.05) is 22.2 Å². The van der Waals surface area contributed by atoms with Crippen LogP contribution in [0.1, 0.15) is 10.5 Å². The molecule has 3 aromatic rings. The third kappa shape index (κ3) is 2.61. The number of nitrogens with one attached hydrogen (secondary N) is 3. The average Bonchev–Trinajstić information content (AvgIpc) is 3.07. The fourth-order valence-corrected chi connectivity index (χ4v) is 2.66. The largest absolute Gasteiger partial charge is 0.360 e. The normalized spacial score (nSPS) is 10.6. The number of halogens is 1. The van der Waals surface area contributed by atoms with Gasteiger partial charge in [0.15, 0.2) is 5.13 Å². The van der Waals surface area contributed by atoms with Crippen molar-refractivity contribution in [2.45, 2.75) is 0 Å². The molecule has 3 N–H and O–H groups in total. The number of aromatic amines is 2. The van der Waals surface area contributed by atoms with Crippen molar-refractivity contribution in [1.29, 1.82) is 0 Å². The molecule has 0 aliphatic carbocycles. The summed E-state index contributed by atoms with van der Waals surface area (Å²) in [5.74, 6) is -0.210. The van der Waals surface area contributed by atoms with Gasteiger partial charge in [-0.25, -0.2) is 4.98 Å². The Morgan fingerprint density at radius 1 is 1.42 bits per heavy atom. The molecule has 96 valence electrons. The van der Waals surface area contributed by atoms with Crippen molar-refractivity contribution in [3.63, 3.8) is 0 Å². The monoisotopic (exact) mass is 336 g/mol. The minimum atomic E-state index is -0.210. The number of carbonyl (C=O) groups excluding carboxylic acids is 1. The van der Waals surface area contributed by atoms with Crippen LogP contribution in [0.5, 0.6) is 0 Å². The lowest BCUT2D eigenvalue weighted by molar-refractivity contribution is 0.102. The summed E-state index contributed by atoms with van der Waals surface area (Å²) in [5.41, 5.74) is 2.24. The zero-order chi connectivity index (χ0) is 13.2. The van der Waals surface area contributed by atoms with Crippen LogP contribution in [0.3, 0.4) is 0 Å². The Kier molecular flexibility index (Phi) is 3.22. The van der Waals surface area contributed by atoms with Crippen LogP contribution in [0.2, 0.25) is 0 Å². The topological polar surface area (TPSA) is 73.6 Å². The first-order valence-electron chi connectivity index (χ1n) is 5.47. The third-order valence-corrected chi connectivity index (χ3v) is 3.71. The van der Waals surface area contributed by atoms with E-state index in [-0.39, 0.29) is 5.91 Å². The number of thiazole rings is 1. The van der Waals surface area contributed by atoms with Gasteiger partial charge in [0.1, 0.15) is 5.69 Å². The molecular weight excluding hydrogens is 328 g/mol. The first-order valence-corrected chi connectivity index (χ1v) is 7.14. The third-order valence-electron chi connectivity index (χ3n) is 2.49. The van der Waals surface area contributed by atoms with E-state index in [9.17, 15) is 4.79 Å². The summed E-state index contributed by atoms with van der Waals surface area (Å²) < 4.78 is 0.837. The summed E-state index contributed by atoms with van der Waals surface area (Å²) in [6.07, 6.45) is 3.55. The van der Waals surface area contributed by atoms with Crippen LogP contribution in [0.25, 0.3) is 11.4 Å². The number of H-pyrrole nitrogens is 2. The molecule has 0 aromatic carbocycles. The van der Waals surface area contributed by atoms with Gasteiger partial charge in [-0.3, -0.25) is 10.1 Å². The van der Waals surface area contributed by atoms with E-state index in [2.05, 4.69) is 36.2 Å². The molecule has 3 aromatic heterocycles. The first-order chi connectivity index (χ1) is 9.22. The van der Waals surface area contributed by atoms with Gasteiger partial charge in [0.05, 0.1) is 11.4 Å². The van der Waals surface area contributed by atoms with E-state index in [1.807, 2.05) is 23.7 Å². The minimum Gasteiger partial charge on any atom is -0.360 e. The van der Waals surface area contributed by atoms with E-state index in [1.165, 1.54) is 11.3 Å². The molecule has 0 fully saturated rings. The van der Waals surface area contributed by atoms with Crippen molar-refractivity contribution in [2.75, 3.05) is 5.32 Å². The zero-order valence-corrected chi connectivity index (χ0v) is 12.0. The van der Waals surface area contributed by atoms with Crippen LogP contribution < -0.4 is 5.32 Å². The van der Waals surface area contributed by atoms with Crippen LogP contribution >= 0.6 is 27.3 Å². The Hall–Kier alpha value is -1.86. The molecule has 0 bridgehead atoms. The lowest BCUT2D eigenvalue weighted by Gasteiger charge is -1.98. The summed E-state index contributed by atoms with van der Waals surface area (Å²) in [7, 11) is 0. The molecule has 3 heterocycles. The molecule has 1 amide bonds. The average molecular weight is 337 g/mol.